The van der Waals surface area contributed by atoms with E-state index in [1.165, 1.54) is 0 Å². The fraction of sp³-hybridized carbons (Fsp3) is 0.333. The Balaban J connectivity index is 3.35. The number of alkyl halides is 3. The predicted molar refractivity (Wildman–Crippen MR) is 48.9 cm³/mol. The number of aromatic nitrogens is 1. The maximum Gasteiger partial charge on any atom is 0.266 e. The monoisotopic (exact) mass is 219 g/mol. The largest absolute Gasteiger partial charge is 0.298 e. The molecule has 1 aromatic rings. The summed E-state index contributed by atoms with van der Waals surface area (Å²) in [5.74, 6) is 0.107. The van der Waals surface area contributed by atoms with Gasteiger partial charge in [0, 0.05) is 17.3 Å². The molecule has 0 atom stereocenters. The molecule has 2 nitrogen and oxygen atoms in total. The van der Waals surface area contributed by atoms with Crippen LogP contribution in [-0.4, -0.2) is 11.3 Å². The van der Waals surface area contributed by atoms with E-state index in [-0.39, 0.29) is 17.0 Å². The lowest BCUT2D eigenvalue weighted by atomic mass is 10.0. The lowest BCUT2D eigenvalue weighted by Crippen LogP contribution is -2.02. The highest BCUT2D eigenvalue weighted by molar-refractivity contribution is 6.17. The number of rotatable bonds is 3. The van der Waals surface area contributed by atoms with Gasteiger partial charge in [-0.25, -0.2) is 8.78 Å². The minimum Gasteiger partial charge on any atom is -0.298 e. The van der Waals surface area contributed by atoms with Crippen LogP contribution in [0, 0.1) is 6.92 Å². The Morgan fingerprint density at radius 3 is 2.71 bits per heavy atom. The van der Waals surface area contributed by atoms with Gasteiger partial charge in [-0.2, -0.15) is 0 Å². The molecule has 0 aliphatic carbocycles. The van der Waals surface area contributed by atoms with Crippen molar-refractivity contribution >= 4 is 17.9 Å². The molecule has 0 fully saturated rings. The Hall–Kier alpha value is -1.03. The van der Waals surface area contributed by atoms with Gasteiger partial charge in [0.1, 0.15) is 0 Å². The summed E-state index contributed by atoms with van der Waals surface area (Å²) in [6, 6.07) is 0. The van der Waals surface area contributed by atoms with Gasteiger partial charge in [-0.05, 0) is 12.5 Å². The average Bonchev–Trinajstić information content (AvgIpc) is 2.17. The van der Waals surface area contributed by atoms with Crippen LogP contribution in [-0.2, 0) is 5.88 Å². The molecule has 0 aromatic carbocycles. The van der Waals surface area contributed by atoms with Crippen molar-refractivity contribution < 1.29 is 13.6 Å². The Morgan fingerprint density at radius 2 is 2.29 bits per heavy atom. The van der Waals surface area contributed by atoms with Crippen molar-refractivity contribution in [1.29, 1.82) is 0 Å². The van der Waals surface area contributed by atoms with Crippen molar-refractivity contribution in [2.75, 3.05) is 0 Å². The Bertz CT molecular complexity index is 355. The molecule has 0 N–H and O–H groups in total. The number of carbonyl (C=O) groups excluding carboxylic acids is 1. The smallest absolute Gasteiger partial charge is 0.266 e. The molecule has 0 saturated heterocycles. The number of pyridine rings is 1. The molecule has 1 rings (SSSR count). The molecule has 0 radical (unpaired) electrons. The molecular formula is C9H8ClF2NO. The minimum absolute atomic E-state index is 0.00866. The Morgan fingerprint density at radius 1 is 1.64 bits per heavy atom. The number of aldehydes is 1. The highest BCUT2D eigenvalue weighted by atomic mass is 35.5. The number of halogens is 3. The van der Waals surface area contributed by atoms with Crippen LogP contribution < -0.4 is 0 Å². The first kappa shape index (κ1) is 11.0. The van der Waals surface area contributed by atoms with Crippen LogP contribution in [0.2, 0.25) is 0 Å². The van der Waals surface area contributed by atoms with Gasteiger partial charge in [-0.15, -0.1) is 11.6 Å². The molecular weight excluding hydrogens is 212 g/mol. The van der Waals surface area contributed by atoms with E-state index in [1.807, 2.05) is 0 Å². The zero-order valence-corrected chi connectivity index (χ0v) is 8.18. The van der Waals surface area contributed by atoms with E-state index in [1.54, 1.807) is 6.92 Å². The van der Waals surface area contributed by atoms with Crippen molar-refractivity contribution in [3.05, 3.63) is 28.6 Å². The molecule has 0 aliphatic rings. The molecule has 0 amide bonds. The third-order valence-corrected chi connectivity index (χ3v) is 2.24. The number of hydrogen-bond acceptors (Lipinski definition) is 2. The van der Waals surface area contributed by atoms with Crippen molar-refractivity contribution in [2.24, 2.45) is 0 Å². The van der Waals surface area contributed by atoms with Crippen molar-refractivity contribution in [1.82, 2.24) is 4.98 Å². The van der Waals surface area contributed by atoms with E-state index in [4.69, 9.17) is 11.6 Å². The van der Waals surface area contributed by atoms with Gasteiger partial charge in [0.2, 0.25) is 0 Å². The van der Waals surface area contributed by atoms with Gasteiger partial charge in [0.05, 0.1) is 11.6 Å². The molecule has 1 aromatic heterocycles. The maximum atomic E-state index is 12.4. The molecule has 0 bridgehead atoms. The molecule has 1 heterocycles. The topological polar surface area (TPSA) is 30.0 Å². The lowest BCUT2D eigenvalue weighted by Gasteiger charge is -2.08. The van der Waals surface area contributed by atoms with Crippen LogP contribution in [0.15, 0.2) is 6.20 Å². The zero-order chi connectivity index (χ0) is 10.7. The number of carbonyl (C=O) groups is 1. The number of hydrogen-bond donors (Lipinski definition) is 0. The first-order valence-corrected chi connectivity index (χ1v) is 4.43. The SMILES string of the molecule is Cc1c(CCl)ncc(C(F)F)c1C=O. The van der Waals surface area contributed by atoms with Crippen LogP contribution in [0.3, 0.4) is 0 Å². The Kier molecular flexibility index (Phi) is 3.52. The standard InChI is InChI=1S/C9H8ClF2NO/c1-5-7(4-14)6(9(11)12)3-13-8(5)2-10/h3-4,9H,2H2,1H3. The quantitative estimate of drug-likeness (QED) is 0.578. The van der Waals surface area contributed by atoms with E-state index in [9.17, 15) is 13.6 Å². The second-order valence-corrected chi connectivity index (χ2v) is 3.02. The molecule has 0 aliphatic heterocycles. The third-order valence-electron chi connectivity index (χ3n) is 1.99. The first-order valence-electron chi connectivity index (χ1n) is 3.89. The van der Waals surface area contributed by atoms with Gasteiger partial charge >= 0.3 is 0 Å². The average molecular weight is 220 g/mol. The van der Waals surface area contributed by atoms with Crippen LogP contribution in [0.25, 0.3) is 0 Å². The normalized spacial score (nSPS) is 10.6. The van der Waals surface area contributed by atoms with E-state index >= 15 is 0 Å². The second kappa shape index (κ2) is 4.46. The van der Waals surface area contributed by atoms with E-state index in [2.05, 4.69) is 4.98 Å². The number of nitrogens with zero attached hydrogens (tertiary/aromatic N) is 1. The third kappa shape index (κ3) is 1.90. The Labute approximate surface area is 84.9 Å². The van der Waals surface area contributed by atoms with Crippen molar-refractivity contribution in [3.8, 4) is 0 Å². The van der Waals surface area contributed by atoms with Crippen LogP contribution in [0.1, 0.15) is 33.6 Å². The highest BCUT2D eigenvalue weighted by Crippen LogP contribution is 2.25. The van der Waals surface area contributed by atoms with Gasteiger partial charge in [0.15, 0.2) is 6.29 Å². The fourth-order valence-corrected chi connectivity index (χ4v) is 1.42. The molecule has 14 heavy (non-hydrogen) atoms. The van der Waals surface area contributed by atoms with E-state index < -0.39 is 6.43 Å². The minimum atomic E-state index is -2.69. The van der Waals surface area contributed by atoms with E-state index in [0.717, 1.165) is 6.20 Å². The maximum absolute atomic E-state index is 12.4. The summed E-state index contributed by atoms with van der Waals surface area (Å²) in [5.41, 5.74) is 0.531. The van der Waals surface area contributed by atoms with Crippen molar-refractivity contribution in [3.63, 3.8) is 0 Å². The fourth-order valence-electron chi connectivity index (χ4n) is 1.15. The molecule has 5 heteroatoms. The summed E-state index contributed by atoms with van der Waals surface area (Å²) in [4.78, 5) is 14.4. The van der Waals surface area contributed by atoms with Crippen LogP contribution >= 0.6 is 11.6 Å². The van der Waals surface area contributed by atoms with Crippen molar-refractivity contribution in [2.45, 2.75) is 19.2 Å². The van der Waals surface area contributed by atoms with Crippen LogP contribution in [0.4, 0.5) is 8.78 Å². The summed E-state index contributed by atoms with van der Waals surface area (Å²) in [6.07, 6.45) is -1.28. The predicted octanol–water partition coefficient (Wildman–Crippen LogP) is 2.88. The second-order valence-electron chi connectivity index (χ2n) is 2.75. The lowest BCUT2D eigenvalue weighted by molar-refractivity contribution is 0.110. The summed E-state index contributed by atoms with van der Waals surface area (Å²) in [7, 11) is 0. The van der Waals surface area contributed by atoms with Gasteiger partial charge in [-0.1, -0.05) is 0 Å². The molecule has 0 spiro atoms. The summed E-state index contributed by atoms with van der Waals surface area (Å²) in [6.45, 7) is 1.56. The highest BCUT2D eigenvalue weighted by Gasteiger charge is 2.16. The summed E-state index contributed by atoms with van der Waals surface area (Å²) < 4.78 is 24.8. The molecule has 0 saturated carbocycles. The summed E-state index contributed by atoms with van der Waals surface area (Å²) >= 11 is 5.53. The van der Waals surface area contributed by atoms with E-state index in [0.29, 0.717) is 17.5 Å². The zero-order valence-electron chi connectivity index (χ0n) is 7.43. The van der Waals surface area contributed by atoms with Crippen LogP contribution in [0.5, 0.6) is 0 Å². The molecule has 76 valence electrons. The van der Waals surface area contributed by atoms with Gasteiger partial charge in [-0.3, -0.25) is 9.78 Å². The molecule has 0 unspecified atom stereocenters. The van der Waals surface area contributed by atoms with Gasteiger partial charge in [0.25, 0.3) is 6.43 Å². The summed E-state index contributed by atoms with van der Waals surface area (Å²) in [5, 5.41) is 0. The van der Waals surface area contributed by atoms with Gasteiger partial charge < -0.3 is 0 Å². The first-order chi connectivity index (χ1) is 6.61.